The molecule has 0 aromatic carbocycles. The van der Waals surface area contributed by atoms with Gasteiger partial charge in [-0.05, 0) is 48.3 Å². The summed E-state index contributed by atoms with van der Waals surface area (Å²) in [5, 5.41) is 0. The van der Waals surface area contributed by atoms with Crippen LogP contribution in [0.25, 0.3) is 0 Å². The number of nitrogens with two attached hydrogens (primary N) is 1. The lowest BCUT2D eigenvalue weighted by Crippen LogP contribution is -2.39. The van der Waals surface area contributed by atoms with Crippen molar-refractivity contribution < 1.29 is 0 Å². The largest absolute Gasteiger partial charge is 0.328 e. The van der Waals surface area contributed by atoms with E-state index in [1.165, 1.54) is 19.3 Å². The van der Waals surface area contributed by atoms with E-state index in [1.54, 1.807) is 0 Å². The Morgan fingerprint density at radius 2 is 1.37 bits per heavy atom. The van der Waals surface area contributed by atoms with Crippen LogP contribution in [0.15, 0.2) is 0 Å². The molecule has 0 rings (SSSR count). The molecule has 0 bridgehead atoms. The first-order chi connectivity index (χ1) is 8.32. The minimum Gasteiger partial charge on any atom is -0.328 e. The number of rotatable bonds is 7. The summed E-state index contributed by atoms with van der Waals surface area (Å²) >= 11 is 0. The van der Waals surface area contributed by atoms with Crippen molar-refractivity contribution in [3.05, 3.63) is 0 Å². The zero-order valence-corrected chi connectivity index (χ0v) is 15.1. The van der Waals surface area contributed by atoms with Crippen LogP contribution in [0.5, 0.6) is 0 Å². The molecule has 116 valence electrons. The van der Waals surface area contributed by atoms with E-state index in [1.807, 2.05) is 0 Å². The third kappa shape index (κ3) is 6.79. The molecule has 2 unspecified atom stereocenters. The predicted molar refractivity (Wildman–Crippen MR) is 88.3 cm³/mol. The van der Waals surface area contributed by atoms with Gasteiger partial charge in [0.15, 0.2) is 0 Å². The van der Waals surface area contributed by atoms with Crippen molar-refractivity contribution in [2.45, 2.75) is 94.0 Å². The van der Waals surface area contributed by atoms with Gasteiger partial charge in [0.25, 0.3) is 0 Å². The van der Waals surface area contributed by atoms with Crippen molar-refractivity contribution in [2.24, 2.45) is 27.9 Å². The summed E-state index contributed by atoms with van der Waals surface area (Å²) in [6.45, 7) is 21.3. The van der Waals surface area contributed by atoms with Gasteiger partial charge in [0.2, 0.25) is 0 Å². The highest BCUT2D eigenvalue weighted by atomic mass is 14.6. The Kier molecular flexibility index (Phi) is 6.59. The van der Waals surface area contributed by atoms with Crippen LogP contribution in [0.3, 0.4) is 0 Å². The molecular weight excluding hydrogens is 230 g/mol. The second-order valence-corrected chi connectivity index (χ2v) is 9.16. The van der Waals surface area contributed by atoms with E-state index in [-0.39, 0.29) is 0 Å². The molecule has 0 aliphatic carbocycles. The van der Waals surface area contributed by atoms with Gasteiger partial charge in [-0.3, -0.25) is 0 Å². The van der Waals surface area contributed by atoms with Gasteiger partial charge in [-0.1, -0.05) is 61.8 Å². The molecule has 2 atom stereocenters. The van der Waals surface area contributed by atoms with Gasteiger partial charge in [-0.15, -0.1) is 0 Å². The fraction of sp³-hybridized carbons (Fsp3) is 1.00. The zero-order valence-electron chi connectivity index (χ0n) is 15.1. The normalized spacial score (nSPS) is 17.4. The van der Waals surface area contributed by atoms with E-state index < -0.39 is 0 Å². The van der Waals surface area contributed by atoms with Crippen molar-refractivity contribution in [1.29, 1.82) is 0 Å². The quantitative estimate of drug-likeness (QED) is 0.637. The molecule has 0 spiro atoms. The monoisotopic (exact) mass is 269 g/mol. The average Bonchev–Trinajstić information content (AvgIpc) is 2.22. The lowest BCUT2D eigenvalue weighted by atomic mass is 9.58. The van der Waals surface area contributed by atoms with Crippen LogP contribution in [0.4, 0.5) is 0 Å². The topological polar surface area (TPSA) is 26.0 Å². The third-order valence-electron chi connectivity index (χ3n) is 4.86. The van der Waals surface area contributed by atoms with Gasteiger partial charge in [0.1, 0.15) is 0 Å². The molecule has 0 amide bonds. The van der Waals surface area contributed by atoms with E-state index >= 15 is 0 Å². The van der Waals surface area contributed by atoms with Crippen molar-refractivity contribution in [3.8, 4) is 0 Å². The van der Waals surface area contributed by atoms with E-state index in [2.05, 4.69) is 62.3 Å². The van der Waals surface area contributed by atoms with Crippen molar-refractivity contribution >= 4 is 0 Å². The Balaban J connectivity index is 5.11. The molecule has 0 heterocycles. The van der Waals surface area contributed by atoms with Gasteiger partial charge >= 0.3 is 0 Å². The Hall–Kier alpha value is -0.0400. The number of hydrogen-bond donors (Lipinski definition) is 1. The third-order valence-corrected chi connectivity index (χ3v) is 4.86. The fourth-order valence-corrected chi connectivity index (χ4v) is 3.24. The summed E-state index contributed by atoms with van der Waals surface area (Å²) in [7, 11) is 0. The highest BCUT2D eigenvalue weighted by Crippen LogP contribution is 2.50. The van der Waals surface area contributed by atoms with E-state index in [0.717, 1.165) is 12.3 Å². The summed E-state index contributed by atoms with van der Waals surface area (Å²) in [5.41, 5.74) is 7.12. The first-order valence-corrected chi connectivity index (χ1v) is 8.07. The van der Waals surface area contributed by atoms with Crippen molar-refractivity contribution in [2.75, 3.05) is 0 Å². The summed E-state index contributed by atoms with van der Waals surface area (Å²) in [6.07, 6.45) is 4.90. The second kappa shape index (κ2) is 6.61. The first kappa shape index (κ1) is 19.0. The predicted octanol–water partition coefficient (Wildman–Crippen LogP) is 5.63. The summed E-state index contributed by atoms with van der Waals surface area (Å²) in [6, 6.07) is 0.319. The molecule has 19 heavy (non-hydrogen) atoms. The van der Waals surface area contributed by atoms with Gasteiger partial charge in [-0.2, -0.15) is 0 Å². The van der Waals surface area contributed by atoms with Crippen molar-refractivity contribution in [3.63, 3.8) is 0 Å². The van der Waals surface area contributed by atoms with Crippen LogP contribution in [-0.4, -0.2) is 6.04 Å². The van der Waals surface area contributed by atoms with Gasteiger partial charge in [0.05, 0.1) is 0 Å². The summed E-state index contributed by atoms with van der Waals surface area (Å²) < 4.78 is 0. The highest BCUT2D eigenvalue weighted by molar-refractivity contribution is 4.91. The Labute approximate surface area is 122 Å². The minimum absolute atomic E-state index is 0.319. The van der Waals surface area contributed by atoms with Crippen LogP contribution in [-0.2, 0) is 0 Å². The van der Waals surface area contributed by atoms with Gasteiger partial charge < -0.3 is 5.73 Å². The van der Waals surface area contributed by atoms with Crippen LogP contribution in [0, 0.1) is 22.2 Å². The summed E-state index contributed by atoms with van der Waals surface area (Å²) in [5.74, 6) is 0.740. The Bertz CT molecular complexity index is 255. The molecular formula is C18H39N. The number of hydrogen-bond acceptors (Lipinski definition) is 1. The summed E-state index contributed by atoms with van der Waals surface area (Å²) in [4.78, 5) is 0. The van der Waals surface area contributed by atoms with Crippen molar-refractivity contribution in [1.82, 2.24) is 0 Å². The molecule has 0 saturated heterocycles. The van der Waals surface area contributed by atoms with Gasteiger partial charge in [0, 0.05) is 6.04 Å². The highest BCUT2D eigenvalue weighted by Gasteiger charge is 2.41. The van der Waals surface area contributed by atoms with Crippen LogP contribution in [0.2, 0.25) is 0 Å². The smallest absolute Gasteiger partial charge is 0.00106 e. The van der Waals surface area contributed by atoms with Crippen LogP contribution < -0.4 is 5.73 Å². The molecule has 0 saturated carbocycles. The standard InChI is InChI=1S/C18H39N/c1-10-17(6,7)15(13-16(3,4)5)18(8,9)12-11-14(2)19/h14-15H,10-13,19H2,1-9H3. The maximum atomic E-state index is 5.97. The fourth-order valence-electron chi connectivity index (χ4n) is 3.24. The maximum absolute atomic E-state index is 5.97. The molecule has 1 nitrogen and oxygen atoms in total. The molecule has 0 aromatic heterocycles. The zero-order chi connectivity index (χ0) is 15.5. The minimum atomic E-state index is 0.319. The Morgan fingerprint density at radius 1 is 0.895 bits per heavy atom. The molecule has 1 heteroatoms. The van der Waals surface area contributed by atoms with Gasteiger partial charge in [-0.25, -0.2) is 0 Å². The SMILES string of the molecule is CCC(C)(C)C(CC(C)(C)C)C(C)(C)CCC(C)N. The lowest BCUT2D eigenvalue weighted by Gasteiger charge is -2.47. The van der Waals surface area contributed by atoms with E-state index in [4.69, 9.17) is 5.73 Å². The average molecular weight is 270 g/mol. The maximum Gasteiger partial charge on any atom is 0.00106 e. The Morgan fingerprint density at radius 3 is 1.68 bits per heavy atom. The van der Waals surface area contributed by atoms with Crippen LogP contribution >= 0.6 is 0 Å². The first-order valence-electron chi connectivity index (χ1n) is 8.07. The molecule has 0 aliphatic rings. The van der Waals surface area contributed by atoms with E-state index in [9.17, 15) is 0 Å². The molecule has 2 N–H and O–H groups in total. The molecule has 0 radical (unpaired) electrons. The molecule has 0 aliphatic heterocycles. The molecule has 0 fully saturated rings. The lowest BCUT2D eigenvalue weighted by molar-refractivity contribution is 0.0240. The molecule has 0 aromatic rings. The second-order valence-electron chi connectivity index (χ2n) is 9.16. The van der Waals surface area contributed by atoms with Crippen LogP contribution in [0.1, 0.15) is 88.0 Å². The van der Waals surface area contributed by atoms with E-state index in [0.29, 0.717) is 22.3 Å².